The second kappa shape index (κ2) is 6.99. The lowest BCUT2D eigenvalue weighted by Crippen LogP contribution is -2.23. The van der Waals surface area contributed by atoms with Crippen LogP contribution in [0.2, 0.25) is 0 Å². The van der Waals surface area contributed by atoms with Gasteiger partial charge in [0.1, 0.15) is 34.4 Å². The lowest BCUT2D eigenvalue weighted by atomic mass is 9.97. The van der Waals surface area contributed by atoms with Gasteiger partial charge in [0.15, 0.2) is 0 Å². The van der Waals surface area contributed by atoms with Crippen LogP contribution in [0.5, 0.6) is 0 Å². The molecule has 0 aliphatic heterocycles. The molecule has 2 rings (SSSR count). The monoisotopic (exact) mass is 341 g/mol. The molecule has 1 aromatic carbocycles. The summed E-state index contributed by atoms with van der Waals surface area (Å²) in [6.07, 6.45) is 0. The molecular weight excluding hydrogens is 329 g/mol. The highest BCUT2D eigenvalue weighted by Crippen LogP contribution is 2.36. The van der Waals surface area contributed by atoms with Crippen LogP contribution in [0.25, 0.3) is 11.1 Å². The van der Waals surface area contributed by atoms with Gasteiger partial charge in [0.2, 0.25) is 5.91 Å². The predicted octanol–water partition coefficient (Wildman–Crippen LogP) is 2.18. The first-order valence-electron chi connectivity index (χ1n) is 6.74. The molecule has 0 radical (unpaired) electrons. The van der Waals surface area contributed by atoms with Gasteiger partial charge in [-0.1, -0.05) is 23.9 Å². The number of aromatic nitrogens is 1. The number of benzene rings is 1. The van der Waals surface area contributed by atoms with Crippen molar-refractivity contribution in [3.05, 3.63) is 41.2 Å². The SMILES string of the molecule is CC(Sc1nc(N)c(C#N)c(-c2ccc(F)cc2)c1C#N)C(N)=O. The minimum absolute atomic E-state index is 0.0224. The number of nitrogens with zero attached hydrogens (tertiary/aromatic N) is 3. The van der Waals surface area contributed by atoms with Crippen molar-refractivity contribution in [2.45, 2.75) is 17.2 Å². The van der Waals surface area contributed by atoms with E-state index in [2.05, 4.69) is 4.98 Å². The number of carbonyl (C=O) groups is 1. The van der Waals surface area contributed by atoms with Crippen LogP contribution in [-0.4, -0.2) is 16.1 Å². The number of hydrogen-bond donors (Lipinski definition) is 2. The number of hydrogen-bond acceptors (Lipinski definition) is 6. The van der Waals surface area contributed by atoms with Crippen LogP contribution in [0.1, 0.15) is 18.1 Å². The van der Waals surface area contributed by atoms with Gasteiger partial charge in [-0.2, -0.15) is 10.5 Å². The molecule has 24 heavy (non-hydrogen) atoms. The summed E-state index contributed by atoms with van der Waals surface area (Å²) >= 11 is 0.977. The summed E-state index contributed by atoms with van der Waals surface area (Å²) < 4.78 is 13.2. The Morgan fingerprint density at radius 3 is 2.33 bits per heavy atom. The minimum Gasteiger partial charge on any atom is -0.383 e. The van der Waals surface area contributed by atoms with Crippen molar-refractivity contribution in [2.75, 3.05) is 5.73 Å². The van der Waals surface area contributed by atoms with Gasteiger partial charge < -0.3 is 11.5 Å². The fraction of sp³-hybridized carbons (Fsp3) is 0.125. The van der Waals surface area contributed by atoms with Gasteiger partial charge in [-0.05, 0) is 24.6 Å². The average molecular weight is 341 g/mol. The third-order valence-corrected chi connectivity index (χ3v) is 4.34. The highest BCUT2D eigenvalue weighted by molar-refractivity contribution is 8.00. The molecule has 0 aliphatic rings. The first-order chi connectivity index (χ1) is 11.4. The van der Waals surface area contributed by atoms with E-state index in [1.807, 2.05) is 12.1 Å². The lowest BCUT2D eigenvalue weighted by molar-refractivity contribution is -0.117. The summed E-state index contributed by atoms with van der Waals surface area (Å²) in [5.74, 6) is -1.10. The van der Waals surface area contributed by atoms with E-state index < -0.39 is 17.0 Å². The third kappa shape index (κ3) is 3.29. The highest BCUT2D eigenvalue weighted by atomic mass is 32.2. The minimum atomic E-state index is -0.641. The Morgan fingerprint density at radius 2 is 1.83 bits per heavy atom. The summed E-state index contributed by atoms with van der Waals surface area (Å²) in [4.78, 5) is 15.3. The maximum absolute atomic E-state index is 13.2. The Bertz CT molecular complexity index is 883. The number of nitrogen functional groups attached to an aromatic ring is 1. The molecule has 1 aromatic heterocycles. The summed E-state index contributed by atoms with van der Waals surface area (Å²) in [6.45, 7) is 1.57. The molecule has 0 aliphatic carbocycles. The molecule has 1 heterocycles. The van der Waals surface area contributed by atoms with Crippen LogP contribution >= 0.6 is 11.8 Å². The van der Waals surface area contributed by atoms with E-state index in [-0.39, 0.29) is 27.5 Å². The fourth-order valence-corrected chi connectivity index (χ4v) is 2.88. The van der Waals surface area contributed by atoms with Crippen LogP contribution in [-0.2, 0) is 4.79 Å². The summed E-state index contributed by atoms with van der Waals surface area (Å²) in [5.41, 5.74) is 11.9. The maximum atomic E-state index is 13.2. The van der Waals surface area contributed by atoms with Crippen molar-refractivity contribution in [1.82, 2.24) is 4.98 Å². The quantitative estimate of drug-likeness (QED) is 0.820. The Labute approximate surface area is 141 Å². The number of primary amides is 1. The van der Waals surface area contributed by atoms with Crippen molar-refractivity contribution >= 4 is 23.5 Å². The van der Waals surface area contributed by atoms with E-state index in [4.69, 9.17) is 11.5 Å². The van der Waals surface area contributed by atoms with Gasteiger partial charge in [0.25, 0.3) is 0 Å². The zero-order chi connectivity index (χ0) is 17.9. The van der Waals surface area contributed by atoms with Gasteiger partial charge in [-0.15, -0.1) is 0 Å². The van der Waals surface area contributed by atoms with E-state index >= 15 is 0 Å². The lowest BCUT2D eigenvalue weighted by Gasteiger charge is -2.14. The largest absolute Gasteiger partial charge is 0.383 e. The van der Waals surface area contributed by atoms with Crippen LogP contribution in [0.15, 0.2) is 29.3 Å². The van der Waals surface area contributed by atoms with E-state index in [1.165, 1.54) is 24.3 Å². The fourth-order valence-electron chi connectivity index (χ4n) is 2.01. The van der Waals surface area contributed by atoms with Crippen LogP contribution < -0.4 is 11.5 Å². The Kier molecular flexibility index (Phi) is 5.02. The smallest absolute Gasteiger partial charge is 0.230 e. The molecule has 0 saturated carbocycles. The molecule has 0 saturated heterocycles. The van der Waals surface area contributed by atoms with Crippen molar-refractivity contribution < 1.29 is 9.18 Å². The van der Waals surface area contributed by atoms with Crippen molar-refractivity contribution in [2.24, 2.45) is 5.73 Å². The van der Waals surface area contributed by atoms with E-state index in [9.17, 15) is 19.7 Å². The molecular formula is C16H12FN5OS. The van der Waals surface area contributed by atoms with Crippen LogP contribution in [0.3, 0.4) is 0 Å². The number of rotatable bonds is 4. The maximum Gasteiger partial charge on any atom is 0.230 e. The van der Waals surface area contributed by atoms with Gasteiger partial charge >= 0.3 is 0 Å². The Balaban J connectivity index is 2.74. The third-order valence-electron chi connectivity index (χ3n) is 3.24. The molecule has 0 spiro atoms. The van der Waals surface area contributed by atoms with Gasteiger partial charge in [-0.25, -0.2) is 9.37 Å². The number of pyridine rings is 1. The molecule has 6 nitrogen and oxygen atoms in total. The average Bonchev–Trinajstić information content (AvgIpc) is 2.55. The van der Waals surface area contributed by atoms with E-state index in [0.717, 1.165) is 11.8 Å². The number of carbonyl (C=O) groups excluding carboxylic acids is 1. The van der Waals surface area contributed by atoms with Gasteiger partial charge in [0, 0.05) is 5.56 Å². The first-order valence-corrected chi connectivity index (χ1v) is 7.62. The molecule has 1 unspecified atom stereocenters. The standard InChI is InChI=1S/C16H12FN5OS/c1-8(15(21)23)24-16-12(7-19)13(11(6-18)14(20)22-16)9-2-4-10(17)5-3-9/h2-5,8H,1H3,(H2,20,22)(H2,21,23). The predicted molar refractivity (Wildman–Crippen MR) is 88.0 cm³/mol. The Morgan fingerprint density at radius 1 is 1.25 bits per heavy atom. The number of thioether (sulfide) groups is 1. The van der Waals surface area contributed by atoms with Crippen molar-refractivity contribution in [1.29, 1.82) is 10.5 Å². The molecule has 4 N–H and O–H groups in total. The van der Waals surface area contributed by atoms with Gasteiger partial charge in [0.05, 0.1) is 10.8 Å². The van der Waals surface area contributed by atoms with Crippen molar-refractivity contribution in [3.8, 4) is 23.3 Å². The zero-order valence-electron chi connectivity index (χ0n) is 12.6. The molecule has 0 bridgehead atoms. The second-order valence-corrected chi connectivity index (χ2v) is 6.15. The zero-order valence-corrected chi connectivity index (χ0v) is 13.4. The Hall–Kier alpha value is -3.10. The van der Waals surface area contributed by atoms with Crippen molar-refractivity contribution in [3.63, 3.8) is 0 Å². The van der Waals surface area contributed by atoms with E-state index in [1.54, 1.807) is 6.92 Å². The molecule has 1 atom stereocenters. The summed E-state index contributed by atoms with van der Waals surface area (Å²) in [7, 11) is 0. The topological polar surface area (TPSA) is 130 Å². The number of anilines is 1. The number of nitrogens with two attached hydrogens (primary N) is 2. The molecule has 120 valence electrons. The number of halogens is 1. The van der Waals surface area contributed by atoms with E-state index in [0.29, 0.717) is 5.56 Å². The first kappa shape index (κ1) is 17.3. The van der Waals surface area contributed by atoms with Crippen LogP contribution in [0, 0.1) is 28.5 Å². The number of nitriles is 2. The molecule has 1 amide bonds. The normalized spacial score (nSPS) is 11.3. The summed E-state index contributed by atoms with van der Waals surface area (Å²) in [5, 5.41) is 18.4. The molecule has 2 aromatic rings. The molecule has 8 heteroatoms. The van der Waals surface area contributed by atoms with Crippen LogP contribution in [0.4, 0.5) is 10.2 Å². The summed E-state index contributed by atoms with van der Waals surface area (Å²) in [6, 6.07) is 9.22. The molecule has 0 fully saturated rings. The second-order valence-electron chi connectivity index (χ2n) is 4.82. The number of amides is 1. The van der Waals surface area contributed by atoms with Gasteiger partial charge in [-0.3, -0.25) is 4.79 Å². The highest BCUT2D eigenvalue weighted by Gasteiger charge is 2.23.